The Bertz CT molecular complexity index is 472. The first-order chi connectivity index (χ1) is 9.38. The van der Waals surface area contributed by atoms with Gasteiger partial charge in [0.1, 0.15) is 17.5 Å². The molecule has 112 valence electrons. The predicted molar refractivity (Wildman–Crippen MR) is 84.1 cm³/mol. The monoisotopic (exact) mass is 277 g/mol. The largest absolute Gasteiger partial charge is 0.383 e. The van der Waals surface area contributed by atoms with Crippen molar-refractivity contribution in [1.82, 2.24) is 14.9 Å². The molecule has 0 aromatic carbocycles. The Labute approximate surface area is 122 Å². The van der Waals surface area contributed by atoms with Crippen molar-refractivity contribution in [1.29, 1.82) is 0 Å². The molecular weight excluding hydrogens is 250 g/mol. The molecule has 0 amide bonds. The van der Waals surface area contributed by atoms with Gasteiger partial charge in [-0.05, 0) is 32.9 Å². The van der Waals surface area contributed by atoms with Crippen molar-refractivity contribution >= 4 is 11.6 Å². The van der Waals surface area contributed by atoms with Crippen LogP contribution in [-0.2, 0) is 0 Å². The number of rotatable bonds is 4. The van der Waals surface area contributed by atoms with Gasteiger partial charge in [0.05, 0.1) is 0 Å². The Morgan fingerprint density at radius 3 is 2.65 bits per heavy atom. The van der Waals surface area contributed by atoms with Crippen molar-refractivity contribution in [3.05, 3.63) is 11.4 Å². The fraction of sp³-hybridized carbons (Fsp3) is 0.733. The Morgan fingerprint density at radius 2 is 2.10 bits per heavy atom. The van der Waals surface area contributed by atoms with Crippen LogP contribution in [0.25, 0.3) is 0 Å². The van der Waals surface area contributed by atoms with Gasteiger partial charge in [-0.1, -0.05) is 13.8 Å². The van der Waals surface area contributed by atoms with E-state index in [9.17, 15) is 0 Å². The zero-order valence-corrected chi connectivity index (χ0v) is 13.3. The van der Waals surface area contributed by atoms with Gasteiger partial charge in [-0.25, -0.2) is 9.97 Å². The third-order valence-electron chi connectivity index (χ3n) is 4.07. The number of hydrogen-bond donors (Lipinski definition) is 1. The maximum atomic E-state index is 6.04. The van der Waals surface area contributed by atoms with Crippen LogP contribution in [0.2, 0.25) is 0 Å². The topological polar surface area (TPSA) is 58.3 Å². The molecule has 1 fully saturated rings. The molecule has 0 radical (unpaired) electrons. The van der Waals surface area contributed by atoms with Gasteiger partial charge in [0.15, 0.2) is 0 Å². The summed E-state index contributed by atoms with van der Waals surface area (Å²) in [4.78, 5) is 13.7. The lowest BCUT2D eigenvalue weighted by Crippen LogP contribution is -2.29. The molecule has 2 N–H and O–H groups in total. The lowest BCUT2D eigenvalue weighted by atomic mass is 10.1. The van der Waals surface area contributed by atoms with Crippen LogP contribution in [0.1, 0.15) is 37.6 Å². The van der Waals surface area contributed by atoms with Crippen LogP contribution in [0.3, 0.4) is 0 Å². The van der Waals surface area contributed by atoms with Crippen LogP contribution in [0.15, 0.2) is 0 Å². The molecule has 0 saturated carbocycles. The van der Waals surface area contributed by atoms with Gasteiger partial charge in [-0.3, -0.25) is 0 Å². The van der Waals surface area contributed by atoms with Crippen LogP contribution < -0.4 is 10.6 Å². The first-order valence-electron chi connectivity index (χ1n) is 7.42. The first-order valence-corrected chi connectivity index (χ1v) is 7.42. The molecule has 1 aromatic rings. The zero-order chi connectivity index (χ0) is 14.9. The number of hydrogen-bond acceptors (Lipinski definition) is 5. The molecule has 0 aliphatic carbocycles. The third-order valence-corrected chi connectivity index (χ3v) is 4.07. The quantitative estimate of drug-likeness (QED) is 0.910. The van der Waals surface area contributed by atoms with Crippen LogP contribution in [-0.4, -0.2) is 48.6 Å². The minimum atomic E-state index is 0.294. The van der Waals surface area contributed by atoms with Gasteiger partial charge < -0.3 is 15.5 Å². The van der Waals surface area contributed by atoms with Crippen LogP contribution in [0, 0.1) is 12.8 Å². The number of nitrogens with two attached hydrogens (primary N) is 1. The van der Waals surface area contributed by atoms with E-state index in [1.54, 1.807) is 0 Å². The molecule has 1 atom stereocenters. The number of anilines is 2. The van der Waals surface area contributed by atoms with E-state index in [-0.39, 0.29) is 0 Å². The lowest BCUT2D eigenvalue weighted by Gasteiger charge is -2.25. The molecule has 1 saturated heterocycles. The van der Waals surface area contributed by atoms with Crippen molar-refractivity contribution in [2.75, 3.05) is 44.4 Å². The normalized spacial score (nSPS) is 19.8. The summed E-state index contributed by atoms with van der Waals surface area (Å²) >= 11 is 0. The van der Waals surface area contributed by atoms with Crippen molar-refractivity contribution < 1.29 is 0 Å². The standard InChI is InChI=1S/C15H27N5/c1-10(2)14-17-13(16)11(3)15(18-14)20(5)9-12-6-7-19(4)8-12/h10,12H,6-9H2,1-5H3,(H2,16,17,18). The second-order valence-corrected chi connectivity index (χ2v) is 6.37. The van der Waals surface area contributed by atoms with Crippen LogP contribution in [0.4, 0.5) is 11.6 Å². The summed E-state index contributed by atoms with van der Waals surface area (Å²) in [5.41, 5.74) is 7.03. The van der Waals surface area contributed by atoms with Gasteiger partial charge >= 0.3 is 0 Å². The second kappa shape index (κ2) is 5.95. The summed E-state index contributed by atoms with van der Waals surface area (Å²) in [6, 6.07) is 0. The molecule has 0 bridgehead atoms. The molecule has 1 aliphatic heterocycles. The minimum Gasteiger partial charge on any atom is -0.383 e. The molecule has 1 unspecified atom stereocenters. The Balaban J connectivity index is 2.18. The molecule has 5 nitrogen and oxygen atoms in total. The highest BCUT2D eigenvalue weighted by Gasteiger charge is 2.22. The Morgan fingerprint density at radius 1 is 1.40 bits per heavy atom. The second-order valence-electron chi connectivity index (χ2n) is 6.37. The van der Waals surface area contributed by atoms with Crippen molar-refractivity contribution in [2.45, 2.75) is 33.1 Å². The highest BCUT2D eigenvalue weighted by Crippen LogP contribution is 2.25. The minimum absolute atomic E-state index is 0.294. The van der Waals surface area contributed by atoms with Crippen molar-refractivity contribution in [3.63, 3.8) is 0 Å². The number of aromatic nitrogens is 2. The SMILES string of the molecule is Cc1c(N)nc(C(C)C)nc1N(C)CC1CCN(C)C1. The van der Waals surface area contributed by atoms with Crippen molar-refractivity contribution in [3.8, 4) is 0 Å². The summed E-state index contributed by atoms with van der Waals surface area (Å²) in [5.74, 6) is 3.43. The van der Waals surface area contributed by atoms with E-state index in [2.05, 4.69) is 42.7 Å². The van der Waals surface area contributed by atoms with Crippen LogP contribution in [0.5, 0.6) is 0 Å². The summed E-state index contributed by atoms with van der Waals surface area (Å²) < 4.78 is 0. The summed E-state index contributed by atoms with van der Waals surface area (Å²) in [6.07, 6.45) is 1.26. The first kappa shape index (κ1) is 15.0. The van der Waals surface area contributed by atoms with Crippen LogP contribution >= 0.6 is 0 Å². The maximum Gasteiger partial charge on any atom is 0.137 e. The van der Waals surface area contributed by atoms with E-state index < -0.39 is 0 Å². The van der Waals surface area contributed by atoms with Crippen molar-refractivity contribution in [2.24, 2.45) is 5.92 Å². The van der Waals surface area contributed by atoms with Gasteiger partial charge in [0.25, 0.3) is 0 Å². The molecule has 2 rings (SSSR count). The molecule has 5 heteroatoms. The van der Waals surface area contributed by atoms with E-state index >= 15 is 0 Å². The summed E-state index contributed by atoms with van der Waals surface area (Å²) in [6.45, 7) is 9.59. The molecule has 1 aromatic heterocycles. The number of likely N-dealkylation sites (tertiary alicyclic amines) is 1. The number of nitrogen functional groups attached to an aromatic ring is 1. The fourth-order valence-electron chi connectivity index (χ4n) is 2.82. The highest BCUT2D eigenvalue weighted by molar-refractivity contribution is 5.56. The summed E-state index contributed by atoms with van der Waals surface area (Å²) in [5, 5.41) is 0. The van der Waals surface area contributed by atoms with E-state index in [4.69, 9.17) is 10.7 Å². The zero-order valence-electron chi connectivity index (χ0n) is 13.3. The molecular formula is C15H27N5. The number of nitrogens with zero attached hydrogens (tertiary/aromatic N) is 4. The molecule has 1 aliphatic rings. The average Bonchev–Trinajstić information content (AvgIpc) is 2.77. The molecule has 20 heavy (non-hydrogen) atoms. The summed E-state index contributed by atoms with van der Waals surface area (Å²) in [7, 11) is 4.29. The predicted octanol–water partition coefficient (Wildman–Crippen LogP) is 1.88. The maximum absolute atomic E-state index is 6.04. The van der Waals surface area contributed by atoms with Gasteiger partial charge in [-0.2, -0.15) is 0 Å². The van der Waals surface area contributed by atoms with E-state index in [1.165, 1.54) is 19.5 Å². The molecule has 0 spiro atoms. The third kappa shape index (κ3) is 3.20. The van der Waals surface area contributed by atoms with E-state index in [0.717, 1.165) is 23.8 Å². The van der Waals surface area contributed by atoms with Gasteiger partial charge in [-0.15, -0.1) is 0 Å². The smallest absolute Gasteiger partial charge is 0.137 e. The van der Waals surface area contributed by atoms with E-state index in [0.29, 0.717) is 17.7 Å². The van der Waals surface area contributed by atoms with E-state index in [1.807, 2.05) is 6.92 Å². The Kier molecular flexibility index (Phi) is 4.48. The highest BCUT2D eigenvalue weighted by atomic mass is 15.2. The average molecular weight is 277 g/mol. The Hall–Kier alpha value is -1.36. The lowest BCUT2D eigenvalue weighted by molar-refractivity contribution is 0.395. The fourth-order valence-corrected chi connectivity index (χ4v) is 2.82. The molecule has 2 heterocycles. The van der Waals surface area contributed by atoms with Gasteiger partial charge in [0, 0.05) is 31.6 Å². The van der Waals surface area contributed by atoms with Gasteiger partial charge in [0.2, 0.25) is 0 Å².